The van der Waals surface area contributed by atoms with E-state index >= 15 is 0 Å². The standard InChI is InChI=1S/C19H25N3O3/c1-13(20-18(23)14-7-3-4-8-14)17-21-16-10-6-5-9-15(16)19(24)22(17)11-12-25-2/h5-6,9-10,13-14H,3-4,7-8,11-12H2,1-2H3,(H,20,23)/t13-/m1/s1. The van der Waals surface area contributed by atoms with Crippen molar-refractivity contribution in [3.63, 3.8) is 0 Å². The van der Waals surface area contributed by atoms with E-state index < -0.39 is 0 Å². The van der Waals surface area contributed by atoms with E-state index in [1.54, 1.807) is 17.7 Å². The molecule has 0 unspecified atom stereocenters. The lowest BCUT2D eigenvalue weighted by Crippen LogP contribution is -2.36. The molecule has 1 saturated carbocycles. The normalized spacial score (nSPS) is 16.2. The SMILES string of the molecule is COCCn1c([C@@H](C)NC(=O)C2CCCC2)nc2ccccc2c1=O. The Hall–Kier alpha value is -2.21. The van der Waals surface area contributed by atoms with Gasteiger partial charge in [-0.2, -0.15) is 0 Å². The van der Waals surface area contributed by atoms with Gasteiger partial charge in [-0.25, -0.2) is 4.98 Å². The molecule has 6 nitrogen and oxygen atoms in total. The number of benzene rings is 1. The van der Waals surface area contributed by atoms with Crippen LogP contribution in [0.5, 0.6) is 0 Å². The number of aromatic nitrogens is 2. The second kappa shape index (κ2) is 7.78. The Bertz CT molecular complexity index is 809. The van der Waals surface area contributed by atoms with Gasteiger partial charge in [-0.1, -0.05) is 25.0 Å². The molecule has 1 aromatic carbocycles. The molecule has 0 spiro atoms. The van der Waals surface area contributed by atoms with E-state index in [0.29, 0.717) is 29.9 Å². The fourth-order valence-corrected chi connectivity index (χ4v) is 3.50. The van der Waals surface area contributed by atoms with Gasteiger partial charge in [0.2, 0.25) is 5.91 Å². The van der Waals surface area contributed by atoms with Crippen molar-refractivity contribution in [3.05, 3.63) is 40.4 Å². The lowest BCUT2D eigenvalue weighted by atomic mass is 10.1. The highest BCUT2D eigenvalue weighted by molar-refractivity contribution is 5.80. The summed E-state index contributed by atoms with van der Waals surface area (Å²) in [5.74, 6) is 0.722. The first-order chi connectivity index (χ1) is 12.1. The third kappa shape index (κ3) is 3.74. The predicted molar refractivity (Wildman–Crippen MR) is 96.4 cm³/mol. The summed E-state index contributed by atoms with van der Waals surface area (Å²) in [7, 11) is 1.60. The number of nitrogens with one attached hydrogen (secondary N) is 1. The summed E-state index contributed by atoms with van der Waals surface area (Å²) >= 11 is 0. The minimum atomic E-state index is -0.331. The van der Waals surface area contributed by atoms with Crippen LogP contribution in [0.15, 0.2) is 29.1 Å². The van der Waals surface area contributed by atoms with Crippen molar-refractivity contribution >= 4 is 16.8 Å². The molecular weight excluding hydrogens is 318 g/mol. The van der Waals surface area contributed by atoms with Gasteiger partial charge >= 0.3 is 0 Å². The van der Waals surface area contributed by atoms with E-state index in [-0.39, 0.29) is 23.4 Å². The minimum Gasteiger partial charge on any atom is -0.383 e. The van der Waals surface area contributed by atoms with Crippen LogP contribution in [0.4, 0.5) is 0 Å². The zero-order chi connectivity index (χ0) is 17.8. The number of hydrogen-bond acceptors (Lipinski definition) is 4. The molecule has 3 rings (SSSR count). The molecule has 1 aliphatic carbocycles. The molecule has 1 N–H and O–H groups in total. The van der Waals surface area contributed by atoms with Gasteiger partial charge in [0.25, 0.3) is 5.56 Å². The van der Waals surface area contributed by atoms with Gasteiger partial charge in [-0.05, 0) is 31.9 Å². The van der Waals surface area contributed by atoms with Crippen LogP contribution in [0.1, 0.15) is 44.5 Å². The van der Waals surface area contributed by atoms with Crippen molar-refractivity contribution < 1.29 is 9.53 Å². The molecule has 2 aromatic rings. The molecule has 1 fully saturated rings. The largest absolute Gasteiger partial charge is 0.383 e. The average Bonchev–Trinajstić information content (AvgIpc) is 3.15. The maximum atomic E-state index is 12.9. The Kier molecular flexibility index (Phi) is 5.48. The third-order valence-corrected chi connectivity index (χ3v) is 4.88. The Morgan fingerprint density at radius 3 is 2.80 bits per heavy atom. The van der Waals surface area contributed by atoms with Gasteiger partial charge in [0.15, 0.2) is 0 Å². The first-order valence-electron chi connectivity index (χ1n) is 8.90. The number of rotatable bonds is 6. The molecule has 1 atom stereocenters. The number of nitrogens with zero attached hydrogens (tertiary/aromatic N) is 2. The molecule has 134 valence electrons. The van der Waals surface area contributed by atoms with Crippen molar-refractivity contribution in [2.75, 3.05) is 13.7 Å². The van der Waals surface area contributed by atoms with E-state index in [1.807, 2.05) is 25.1 Å². The van der Waals surface area contributed by atoms with Gasteiger partial charge in [0.05, 0.1) is 30.1 Å². The summed E-state index contributed by atoms with van der Waals surface area (Å²) in [6.45, 7) is 2.70. The second-order valence-electron chi connectivity index (χ2n) is 6.65. The van der Waals surface area contributed by atoms with Crippen LogP contribution >= 0.6 is 0 Å². The number of hydrogen-bond donors (Lipinski definition) is 1. The number of ether oxygens (including phenoxy) is 1. The molecule has 1 amide bonds. The van der Waals surface area contributed by atoms with Crippen LogP contribution in [0, 0.1) is 5.92 Å². The van der Waals surface area contributed by atoms with Gasteiger partial charge in [0, 0.05) is 13.0 Å². The highest BCUT2D eigenvalue weighted by Gasteiger charge is 2.25. The highest BCUT2D eigenvalue weighted by atomic mass is 16.5. The first-order valence-corrected chi connectivity index (χ1v) is 8.90. The van der Waals surface area contributed by atoms with Crippen LogP contribution in [0.25, 0.3) is 10.9 Å². The number of fused-ring (bicyclic) bond motifs is 1. The van der Waals surface area contributed by atoms with Crippen LogP contribution in [0.2, 0.25) is 0 Å². The maximum absolute atomic E-state index is 12.9. The van der Waals surface area contributed by atoms with E-state index in [0.717, 1.165) is 25.7 Å². The number of amides is 1. The van der Waals surface area contributed by atoms with E-state index in [4.69, 9.17) is 4.74 Å². The fourth-order valence-electron chi connectivity index (χ4n) is 3.50. The molecule has 6 heteroatoms. The zero-order valence-electron chi connectivity index (χ0n) is 14.8. The lowest BCUT2D eigenvalue weighted by Gasteiger charge is -2.21. The van der Waals surface area contributed by atoms with Crippen molar-refractivity contribution in [2.24, 2.45) is 5.92 Å². The average molecular weight is 343 g/mol. The van der Waals surface area contributed by atoms with E-state index in [9.17, 15) is 9.59 Å². The molecule has 1 aromatic heterocycles. The summed E-state index contributed by atoms with van der Waals surface area (Å²) in [4.78, 5) is 30.0. The van der Waals surface area contributed by atoms with E-state index in [2.05, 4.69) is 10.3 Å². The number of carbonyl (C=O) groups excluding carboxylic acids is 1. The molecule has 0 radical (unpaired) electrons. The van der Waals surface area contributed by atoms with Gasteiger partial charge in [0.1, 0.15) is 5.82 Å². The second-order valence-corrected chi connectivity index (χ2v) is 6.65. The molecular formula is C19H25N3O3. The smallest absolute Gasteiger partial charge is 0.261 e. The van der Waals surface area contributed by atoms with Gasteiger partial charge in [-0.3, -0.25) is 14.2 Å². The highest BCUT2D eigenvalue weighted by Crippen LogP contribution is 2.25. The fraction of sp³-hybridized carbons (Fsp3) is 0.526. The molecule has 0 bridgehead atoms. The van der Waals surface area contributed by atoms with Crippen molar-refractivity contribution in [2.45, 2.75) is 45.2 Å². The Labute approximate surface area is 147 Å². The van der Waals surface area contributed by atoms with Crippen LogP contribution in [-0.4, -0.2) is 29.2 Å². The zero-order valence-corrected chi connectivity index (χ0v) is 14.8. The maximum Gasteiger partial charge on any atom is 0.261 e. The quantitative estimate of drug-likeness (QED) is 0.874. The summed E-state index contributed by atoms with van der Waals surface area (Å²) in [6.07, 6.45) is 4.11. The van der Waals surface area contributed by atoms with Crippen LogP contribution in [-0.2, 0) is 16.1 Å². The number of para-hydroxylation sites is 1. The summed E-state index contributed by atoms with van der Waals surface area (Å²) < 4.78 is 6.75. The predicted octanol–water partition coefficient (Wildman–Crippen LogP) is 2.41. The Morgan fingerprint density at radius 1 is 1.36 bits per heavy atom. The van der Waals surface area contributed by atoms with Crippen molar-refractivity contribution in [1.82, 2.24) is 14.9 Å². The van der Waals surface area contributed by atoms with Crippen molar-refractivity contribution in [3.8, 4) is 0 Å². The third-order valence-electron chi connectivity index (χ3n) is 4.88. The number of methoxy groups -OCH3 is 1. The molecule has 25 heavy (non-hydrogen) atoms. The topological polar surface area (TPSA) is 73.2 Å². The summed E-state index contributed by atoms with van der Waals surface area (Å²) in [6, 6.07) is 6.96. The molecule has 0 aliphatic heterocycles. The molecule has 0 saturated heterocycles. The molecule has 1 aliphatic rings. The minimum absolute atomic E-state index is 0.0608. The summed E-state index contributed by atoms with van der Waals surface area (Å²) in [5.41, 5.74) is 0.553. The van der Waals surface area contributed by atoms with Crippen molar-refractivity contribution in [1.29, 1.82) is 0 Å². The molecule has 1 heterocycles. The van der Waals surface area contributed by atoms with Gasteiger partial charge < -0.3 is 10.1 Å². The lowest BCUT2D eigenvalue weighted by molar-refractivity contribution is -0.125. The van der Waals surface area contributed by atoms with Crippen LogP contribution < -0.4 is 10.9 Å². The summed E-state index contributed by atoms with van der Waals surface area (Å²) in [5, 5.41) is 3.63. The Balaban J connectivity index is 1.94. The van der Waals surface area contributed by atoms with E-state index in [1.165, 1.54) is 0 Å². The number of carbonyl (C=O) groups is 1. The van der Waals surface area contributed by atoms with Gasteiger partial charge in [-0.15, -0.1) is 0 Å². The monoisotopic (exact) mass is 343 g/mol. The Morgan fingerprint density at radius 2 is 2.08 bits per heavy atom. The first kappa shape index (κ1) is 17.6. The van der Waals surface area contributed by atoms with Crippen LogP contribution in [0.3, 0.4) is 0 Å².